The van der Waals surface area contributed by atoms with E-state index in [0.29, 0.717) is 6.54 Å². The van der Waals surface area contributed by atoms with E-state index in [9.17, 15) is 8.78 Å². The van der Waals surface area contributed by atoms with E-state index in [2.05, 4.69) is 15.3 Å². The summed E-state index contributed by atoms with van der Waals surface area (Å²) < 4.78 is 26.6. The number of fused-ring (bicyclic) bond motifs is 1. The van der Waals surface area contributed by atoms with Gasteiger partial charge in [0, 0.05) is 30.4 Å². The van der Waals surface area contributed by atoms with Gasteiger partial charge >= 0.3 is 0 Å². The molecule has 0 atom stereocenters. The Morgan fingerprint density at radius 2 is 2.15 bits per heavy atom. The Morgan fingerprint density at radius 1 is 1.30 bits per heavy atom. The van der Waals surface area contributed by atoms with Crippen LogP contribution in [0, 0.1) is 11.6 Å². The number of rotatable bonds is 3. The lowest BCUT2D eigenvalue weighted by atomic mass is 10.2. The molecule has 2 N–H and O–H groups in total. The molecule has 20 heavy (non-hydrogen) atoms. The molecule has 0 saturated carbocycles. The molecule has 3 rings (SSSR count). The molecule has 0 aliphatic rings. The smallest absolute Gasteiger partial charge is 0.150 e. The van der Waals surface area contributed by atoms with E-state index in [0.717, 1.165) is 28.7 Å². The minimum atomic E-state index is -0.715. The Bertz CT molecular complexity index is 747. The molecule has 3 aromatic rings. The van der Waals surface area contributed by atoms with Crippen molar-refractivity contribution in [2.45, 2.75) is 6.54 Å². The van der Waals surface area contributed by atoms with Gasteiger partial charge in [0.2, 0.25) is 0 Å². The topological polar surface area (TPSA) is 40.7 Å². The van der Waals surface area contributed by atoms with Gasteiger partial charge in [-0.1, -0.05) is 11.6 Å². The van der Waals surface area contributed by atoms with Crippen molar-refractivity contribution >= 4 is 28.3 Å². The first-order valence-electron chi connectivity index (χ1n) is 5.94. The number of nitrogens with one attached hydrogen (secondary N) is 2. The van der Waals surface area contributed by atoms with Crippen LogP contribution in [0.25, 0.3) is 11.0 Å². The van der Waals surface area contributed by atoms with Gasteiger partial charge in [0.25, 0.3) is 0 Å². The maximum absolute atomic E-state index is 13.6. The van der Waals surface area contributed by atoms with Crippen molar-refractivity contribution in [3.63, 3.8) is 0 Å². The van der Waals surface area contributed by atoms with Crippen LogP contribution < -0.4 is 5.32 Å². The van der Waals surface area contributed by atoms with E-state index < -0.39 is 11.6 Å². The highest BCUT2D eigenvalue weighted by Crippen LogP contribution is 2.27. The molecule has 0 fully saturated rings. The molecule has 6 heteroatoms. The zero-order valence-electron chi connectivity index (χ0n) is 10.3. The van der Waals surface area contributed by atoms with Crippen molar-refractivity contribution in [3.8, 4) is 0 Å². The van der Waals surface area contributed by atoms with Crippen LogP contribution in [-0.4, -0.2) is 9.97 Å². The molecule has 2 heterocycles. The first kappa shape index (κ1) is 12.9. The van der Waals surface area contributed by atoms with E-state index in [4.69, 9.17) is 11.6 Å². The molecule has 0 spiro atoms. The highest BCUT2D eigenvalue weighted by atomic mass is 35.5. The van der Waals surface area contributed by atoms with Crippen LogP contribution in [0.1, 0.15) is 5.56 Å². The van der Waals surface area contributed by atoms with Crippen molar-refractivity contribution in [1.82, 2.24) is 9.97 Å². The fraction of sp³-hybridized carbons (Fsp3) is 0.0714. The van der Waals surface area contributed by atoms with Gasteiger partial charge in [-0.2, -0.15) is 0 Å². The zero-order chi connectivity index (χ0) is 14.1. The minimum absolute atomic E-state index is 0.0143. The van der Waals surface area contributed by atoms with Gasteiger partial charge in [0.1, 0.15) is 11.5 Å². The van der Waals surface area contributed by atoms with Crippen LogP contribution >= 0.6 is 11.6 Å². The molecule has 0 aliphatic carbocycles. The third kappa shape index (κ3) is 2.32. The molecule has 1 aromatic carbocycles. The maximum Gasteiger partial charge on any atom is 0.150 e. The summed E-state index contributed by atoms with van der Waals surface area (Å²) in [5.41, 5.74) is 1.77. The van der Waals surface area contributed by atoms with Crippen molar-refractivity contribution in [3.05, 3.63) is 58.9 Å². The normalized spacial score (nSPS) is 10.9. The van der Waals surface area contributed by atoms with Gasteiger partial charge < -0.3 is 10.3 Å². The number of halogens is 3. The number of pyridine rings is 1. The van der Waals surface area contributed by atoms with Crippen LogP contribution in [0.15, 0.2) is 36.7 Å². The first-order chi connectivity index (χ1) is 9.65. The monoisotopic (exact) mass is 293 g/mol. The fourth-order valence-electron chi connectivity index (χ4n) is 2.05. The predicted octanol–water partition coefficient (Wildman–Crippen LogP) is 4.11. The number of H-pyrrole nitrogens is 1. The second-order valence-electron chi connectivity index (χ2n) is 4.31. The molecule has 102 valence electrons. The first-order valence-corrected chi connectivity index (χ1v) is 6.32. The van der Waals surface area contributed by atoms with Crippen LogP contribution in [0.4, 0.5) is 14.5 Å². The molecular weight excluding hydrogens is 284 g/mol. The molecule has 0 bridgehead atoms. The summed E-state index contributed by atoms with van der Waals surface area (Å²) in [6, 6.07) is 5.61. The number of anilines is 1. The maximum atomic E-state index is 13.6. The lowest BCUT2D eigenvalue weighted by Crippen LogP contribution is -2.02. The number of hydrogen-bond acceptors (Lipinski definition) is 2. The van der Waals surface area contributed by atoms with Crippen LogP contribution in [0.3, 0.4) is 0 Å². The van der Waals surface area contributed by atoms with Crippen LogP contribution in [0.2, 0.25) is 5.02 Å². The lowest BCUT2D eigenvalue weighted by molar-refractivity contribution is 0.585. The molecule has 0 aliphatic heterocycles. The summed E-state index contributed by atoms with van der Waals surface area (Å²) in [5.74, 6) is -1.41. The Hall–Kier alpha value is -2.14. The van der Waals surface area contributed by atoms with E-state index in [1.54, 1.807) is 12.4 Å². The third-order valence-corrected chi connectivity index (χ3v) is 3.30. The Labute approximate surface area is 118 Å². The van der Waals surface area contributed by atoms with Gasteiger partial charge in [-0.05, 0) is 23.8 Å². The average Bonchev–Trinajstić information content (AvgIpc) is 2.81. The average molecular weight is 294 g/mol. The molecule has 0 radical (unpaired) electrons. The molecule has 2 aromatic heterocycles. The number of hydrogen-bond donors (Lipinski definition) is 2. The summed E-state index contributed by atoms with van der Waals surface area (Å²) in [4.78, 5) is 7.20. The van der Waals surface area contributed by atoms with Gasteiger partial charge in [-0.15, -0.1) is 0 Å². The molecule has 0 amide bonds. The highest BCUT2D eigenvalue weighted by molar-refractivity contribution is 6.33. The predicted molar refractivity (Wildman–Crippen MR) is 74.8 cm³/mol. The van der Waals surface area contributed by atoms with E-state index >= 15 is 0 Å². The number of aromatic nitrogens is 2. The second-order valence-corrected chi connectivity index (χ2v) is 4.72. The highest BCUT2D eigenvalue weighted by Gasteiger charge is 2.11. The fourth-order valence-corrected chi connectivity index (χ4v) is 2.31. The Kier molecular flexibility index (Phi) is 3.28. The summed E-state index contributed by atoms with van der Waals surface area (Å²) in [6.45, 7) is 0.355. The number of benzene rings is 1. The van der Waals surface area contributed by atoms with Gasteiger partial charge in [-0.3, -0.25) is 0 Å². The van der Waals surface area contributed by atoms with Crippen molar-refractivity contribution in [2.75, 3.05) is 5.32 Å². The van der Waals surface area contributed by atoms with Gasteiger partial charge in [0.15, 0.2) is 5.82 Å². The second kappa shape index (κ2) is 5.09. The molecular formula is C14H10ClF2N3. The summed E-state index contributed by atoms with van der Waals surface area (Å²) in [5, 5.41) is 3.84. The molecule has 0 saturated heterocycles. The standard InChI is InChI=1S/C14H10ClF2N3/c15-11-4-9(16)5-12(17)13(11)19-6-8-7-20-14-10(8)2-1-3-18-14/h1-5,7,19H,6H2,(H,18,20). The lowest BCUT2D eigenvalue weighted by Gasteiger charge is -2.09. The van der Waals surface area contributed by atoms with Gasteiger partial charge in [0.05, 0.1) is 10.7 Å². The number of aromatic amines is 1. The zero-order valence-corrected chi connectivity index (χ0v) is 11.0. The van der Waals surface area contributed by atoms with E-state index in [1.165, 1.54) is 0 Å². The third-order valence-electron chi connectivity index (χ3n) is 3.00. The van der Waals surface area contributed by atoms with Crippen molar-refractivity contribution in [1.29, 1.82) is 0 Å². The van der Waals surface area contributed by atoms with Gasteiger partial charge in [-0.25, -0.2) is 13.8 Å². The van der Waals surface area contributed by atoms with Crippen molar-refractivity contribution < 1.29 is 8.78 Å². The Balaban J connectivity index is 1.87. The van der Waals surface area contributed by atoms with Crippen molar-refractivity contribution in [2.24, 2.45) is 0 Å². The molecule has 3 nitrogen and oxygen atoms in total. The summed E-state index contributed by atoms with van der Waals surface area (Å²) in [7, 11) is 0. The van der Waals surface area contributed by atoms with Crippen LogP contribution in [0.5, 0.6) is 0 Å². The minimum Gasteiger partial charge on any atom is -0.377 e. The van der Waals surface area contributed by atoms with E-state index in [-0.39, 0.29) is 10.7 Å². The quantitative estimate of drug-likeness (QED) is 0.763. The summed E-state index contributed by atoms with van der Waals surface area (Å²) in [6.07, 6.45) is 3.48. The molecule has 0 unspecified atom stereocenters. The van der Waals surface area contributed by atoms with Crippen LogP contribution in [-0.2, 0) is 6.54 Å². The Morgan fingerprint density at radius 3 is 2.95 bits per heavy atom. The SMILES string of the molecule is Fc1cc(F)c(NCc2c[nH]c3ncccc23)c(Cl)c1. The number of nitrogens with zero attached hydrogens (tertiary/aromatic N) is 1. The summed E-state index contributed by atoms with van der Waals surface area (Å²) >= 11 is 5.83. The van der Waals surface area contributed by atoms with E-state index in [1.807, 2.05) is 12.1 Å². The largest absolute Gasteiger partial charge is 0.377 e.